The monoisotopic (exact) mass is 607 g/mol. The summed E-state index contributed by atoms with van der Waals surface area (Å²) < 4.78 is 14.7. The van der Waals surface area contributed by atoms with Gasteiger partial charge in [0.2, 0.25) is 0 Å². The predicted octanol–water partition coefficient (Wildman–Crippen LogP) is 6.88. The van der Waals surface area contributed by atoms with Crippen LogP contribution in [0.4, 0.5) is 10.2 Å². The largest absolute Gasteiger partial charge is 0.392 e. The van der Waals surface area contributed by atoms with Crippen LogP contribution in [0.2, 0.25) is 0 Å². The molecule has 0 unspecified atom stereocenters. The molecule has 0 saturated heterocycles. The maximum atomic E-state index is 13.8. The highest BCUT2D eigenvalue weighted by Gasteiger charge is 2.44. The van der Waals surface area contributed by atoms with Crippen molar-refractivity contribution in [1.82, 2.24) is 20.3 Å². The summed E-state index contributed by atoms with van der Waals surface area (Å²) in [6.07, 6.45) is 6.63. The van der Waals surface area contributed by atoms with Crippen LogP contribution >= 0.6 is 11.3 Å². The smallest absolute Gasteiger partial charge is 0.254 e. The molecule has 224 valence electrons. The number of aliphatic hydroxyl groups is 1. The van der Waals surface area contributed by atoms with Gasteiger partial charge < -0.3 is 15.7 Å². The molecule has 2 aliphatic rings. The number of hydrogen-bond donors (Lipinski definition) is 3. The van der Waals surface area contributed by atoms with Gasteiger partial charge in [-0.3, -0.25) is 14.8 Å². The zero-order valence-corrected chi connectivity index (χ0v) is 25.8. The van der Waals surface area contributed by atoms with Gasteiger partial charge in [0.1, 0.15) is 11.6 Å². The minimum Gasteiger partial charge on any atom is -0.392 e. The first-order valence-corrected chi connectivity index (χ1v) is 15.9. The lowest BCUT2D eigenvalue weighted by Gasteiger charge is -2.26. The van der Waals surface area contributed by atoms with E-state index in [4.69, 9.17) is 9.97 Å². The summed E-state index contributed by atoms with van der Waals surface area (Å²) in [5, 5.41) is 18.6. The lowest BCUT2D eigenvalue weighted by molar-refractivity contribution is 0.0935. The third-order valence-corrected chi connectivity index (χ3v) is 9.89. The number of hydrogen-bond acceptors (Lipinski definition) is 7. The van der Waals surface area contributed by atoms with Crippen LogP contribution in [0.15, 0.2) is 60.9 Å². The molecule has 7 nitrogen and oxygen atoms in total. The minimum atomic E-state index is -0.798. The molecule has 0 fully saturated rings. The lowest BCUT2D eigenvalue weighted by atomic mass is 9.86. The fourth-order valence-corrected chi connectivity index (χ4v) is 7.91. The number of aromatic nitrogens is 3. The normalized spacial score (nSPS) is 19.0. The molecule has 1 aliphatic heterocycles. The first-order valence-electron chi connectivity index (χ1n) is 15.1. The molecule has 1 amide bonds. The summed E-state index contributed by atoms with van der Waals surface area (Å²) in [6.45, 7) is 5.98. The molecule has 2 atom stereocenters. The SMILES string of the molecule is CC(C)Cc1nc2c(c(-c3cc4ccnc(N[C@@H]5CCc6ncccc65)c4s3)c1CO)C(=O)N[C@]2(C)Cc1ccc(F)cc1. The van der Waals surface area contributed by atoms with Gasteiger partial charge in [-0.2, -0.15) is 0 Å². The zero-order chi connectivity index (χ0) is 30.6. The molecule has 1 aliphatic carbocycles. The Labute approximate surface area is 259 Å². The summed E-state index contributed by atoms with van der Waals surface area (Å²) in [5.41, 5.74) is 5.79. The van der Waals surface area contributed by atoms with Crippen LogP contribution in [0.3, 0.4) is 0 Å². The Morgan fingerprint density at radius 3 is 2.73 bits per heavy atom. The third-order valence-electron chi connectivity index (χ3n) is 8.72. The number of amides is 1. The number of rotatable bonds is 8. The highest BCUT2D eigenvalue weighted by atomic mass is 32.1. The van der Waals surface area contributed by atoms with Gasteiger partial charge in [0.25, 0.3) is 5.91 Å². The van der Waals surface area contributed by atoms with Gasteiger partial charge >= 0.3 is 0 Å². The molecule has 1 aromatic carbocycles. The molecule has 0 radical (unpaired) electrons. The fraction of sp³-hybridized carbons (Fsp3) is 0.314. The molecule has 3 N–H and O–H groups in total. The number of thiophene rings is 1. The van der Waals surface area contributed by atoms with E-state index in [2.05, 4.69) is 41.6 Å². The van der Waals surface area contributed by atoms with Crippen LogP contribution in [0.5, 0.6) is 0 Å². The summed E-state index contributed by atoms with van der Waals surface area (Å²) in [4.78, 5) is 29.1. The van der Waals surface area contributed by atoms with Crippen molar-refractivity contribution in [3.8, 4) is 10.4 Å². The fourth-order valence-electron chi connectivity index (χ4n) is 6.72. The standard InChI is InChI=1S/C35H34FN5O2S/c1-19(2)15-27-24(18-42)29(30-32(39-27)35(3,41-34(30)43)17-20-6-8-22(36)9-7-20)28-16-21-12-14-38-33(31(21)44-28)40-26-11-10-25-23(26)5-4-13-37-25/h4-9,12-14,16,19,26,42H,10-11,15,17-18H2,1-3H3,(H,38,40)(H,41,43)/t26-,35-/m1/s1. The molecule has 0 spiro atoms. The van der Waals surface area contributed by atoms with Crippen molar-refractivity contribution in [2.24, 2.45) is 5.92 Å². The summed E-state index contributed by atoms with van der Waals surface area (Å²) in [6, 6.07) is 14.7. The Morgan fingerprint density at radius 2 is 1.95 bits per heavy atom. The van der Waals surface area contributed by atoms with Gasteiger partial charge in [0.05, 0.1) is 34.1 Å². The van der Waals surface area contributed by atoms with E-state index in [0.717, 1.165) is 56.1 Å². The Balaban J connectivity index is 1.36. The first-order chi connectivity index (χ1) is 21.2. The number of benzene rings is 1. The number of nitrogens with zero attached hydrogens (tertiary/aromatic N) is 3. The van der Waals surface area contributed by atoms with Crippen molar-refractivity contribution >= 4 is 33.1 Å². The third kappa shape index (κ3) is 4.94. The predicted molar refractivity (Wildman–Crippen MR) is 171 cm³/mol. The number of aliphatic hydroxyl groups excluding tert-OH is 1. The summed E-state index contributed by atoms with van der Waals surface area (Å²) >= 11 is 1.57. The summed E-state index contributed by atoms with van der Waals surface area (Å²) in [7, 11) is 0. The van der Waals surface area contributed by atoms with Crippen LogP contribution < -0.4 is 10.6 Å². The second-order valence-electron chi connectivity index (χ2n) is 12.4. The van der Waals surface area contributed by atoms with Crippen molar-refractivity contribution in [3.63, 3.8) is 0 Å². The molecule has 5 aromatic rings. The average Bonchev–Trinajstić information content (AvgIpc) is 3.68. The molecule has 9 heteroatoms. The quantitative estimate of drug-likeness (QED) is 0.178. The van der Waals surface area contributed by atoms with Gasteiger partial charge in [-0.1, -0.05) is 32.0 Å². The van der Waals surface area contributed by atoms with E-state index in [1.165, 1.54) is 17.7 Å². The Bertz CT molecular complexity index is 1900. The van der Waals surface area contributed by atoms with E-state index in [1.807, 2.05) is 25.3 Å². The van der Waals surface area contributed by atoms with Crippen molar-refractivity contribution in [3.05, 3.63) is 106 Å². The second-order valence-corrected chi connectivity index (χ2v) is 13.5. The molecule has 7 rings (SSSR count). The lowest BCUT2D eigenvalue weighted by Crippen LogP contribution is -2.39. The molecule has 5 heterocycles. The number of pyridine rings is 3. The second kappa shape index (κ2) is 11.1. The van der Waals surface area contributed by atoms with Crippen LogP contribution in [0.1, 0.15) is 77.4 Å². The number of anilines is 1. The van der Waals surface area contributed by atoms with Gasteiger partial charge in [-0.05, 0) is 78.9 Å². The van der Waals surface area contributed by atoms with E-state index in [9.17, 15) is 14.3 Å². The number of fused-ring (bicyclic) bond motifs is 3. The van der Waals surface area contributed by atoms with Crippen molar-refractivity contribution in [2.45, 2.75) is 64.6 Å². The minimum absolute atomic E-state index is 0.121. The molecular weight excluding hydrogens is 573 g/mol. The topological polar surface area (TPSA) is 100 Å². The van der Waals surface area contributed by atoms with Crippen molar-refractivity contribution < 1.29 is 14.3 Å². The summed E-state index contributed by atoms with van der Waals surface area (Å²) in [5.74, 6) is 0.564. The van der Waals surface area contributed by atoms with E-state index in [1.54, 1.807) is 29.7 Å². The molecule has 0 bridgehead atoms. The Kier molecular flexibility index (Phi) is 7.17. The highest BCUT2D eigenvalue weighted by molar-refractivity contribution is 7.22. The van der Waals surface area contributed by atoms with Crippen LogP contribution in [0.25, 0.3) is 20.5 Å². The number of carbonyl (C=O) groups is 1. The maximum Gasteiger partial charge on any atom is 0.254 e. The molecule has 0 saturated carbocycles. The van der Waals surface area contributed by atoms with Crippen LogP contribution in [-0.2, 0) is 31.4 Å². The molecule has 44 heavy (non-hydrogen) atoms. The van der Waals surface area contributed by atoms with E-state index >= 15 is 0 Å². The van der Waals surface area contributed by atoms with Gasteiger partial charge in [-0.25, -0.2) is 9.37 Å². The molecule has 4 aromatic heterocycles. The number of aryl methyl sites for hydroxylation is 1. The van der Waals surface area contributed by atoms with Crippen molar-refractivity contribution in [1.29, 1.82) is 0 Å². The van der Waals surface area contributed by atoms with E-state index in [-0.39, 0.29) is 24.4 Å². The zero-order valence-electron chi connectivity index (χ0n) is 24.9. The Morgan fingerprint density at radius 1 is 1.14 bits per heavy atom. The average molecular weight is 608 g/mol. The number of nitrogens with one attached hydrogen (secondary N) is 2. The van der Waals surface area contributed by atoms with Crippen molar-refractivity contribution in [2.75, 3.05) is 5.32 Å². The number of carbonyl (C=O) groups excluding carboxylic acids is 1. The maximum absolute atomic E-state index is 13.8. The van der Waals surface area contributed by atoms with Crippen LogP contribution in [-0.4, -0.2) is 26.0 Å². The van der Waals surface area contributed by atoms with Gasteiger partial charge in [0.15, 0.2) is 0 Å². The first kappa shape index (κ1) is 28.6. The Hall–Kier alpha value is -4.21. The van der Waals surface area contributed by atoms with Crippen LogP contribution in [0, 0.1) is 11.7 Å². The van der Waals surface area contributed by atoms with E-state index < -0.39 is 5.54 Å². The van der Waals surface area contributed by atoms with Gasteiger partial charge in [0, 0.05) is 46.2 Å². The van der Waals surface area contributed by atoms with E-state index in [0.29, 0.717) is 35.6 Å². The highest BCUT2D eigenvalue weighted by Crippen LogP contribution is 2.46. The number of halogens is 1. The van der Waals surface area contributed by atoms with Gasteiger partial charge in [-0.15, -0.1) is 11.3 Å². The molecular formula is C35H34FN5O2S.